The average Bonchev–Trinajstić information content (AvgIpc) is 3.20. The number of nitrogens with one attached hydrogen (secondary N) is 2. The van der Waals surface area contributed by atoms with E-state index < -0.39 is 0 Å². The second-order valence-corrected chi connectivity index (χ2v) is 7.00. The number of hydrogen-bond acceptors (Lipinski definition) is 6. The van der Waals surface area contributed by atoms with Gasteiger partial charge < -0.3 is 15.2 Å². The summed E-state index contributed by atoms with van der Waals surface area (Å²) >= 11 is 0. The van der Waals surface area contributed by atoms with Gasteiger partial charge in [-0.1, -0.05) is 12.2 Å². The number of likely N-dealkylation sites (N-methyl/N-ethyl adjacent to an activating group) is 1. The summed E-state index contributed by atoms with van der Waals surface area (Å²) < 4.78 is 0. The van der Waals surface area contributed by atoms with Crippen LogP contribution in [-0.2, 0) is 4.79 Å². The maximum Gasteiger partial charge on any atom is 0.249 e. The fraction of sp³-hybridized carbons (Fsp3) is 0.174. The number of aliphatic imine (C=N–C) groups is 1. The molecule has 8 nitrogen and oxygen atoms in total. The van der Waals surface area contributed by atoms with Gasteiger partial charge in [0, 0.05) is 47.7 Å². The maximum atomic E-state index is 12.1. The van der Waals surface area contributed by atoms with E-state index in [0.29, 0.717) is 12.4 Å². The molecule has 0 saturated heterocycles. The molecule has 0 aliphatic heterocycles. The Labute approximate surface area is 181 Å². The fourth-order valence-electron chi connectivity index (χ4n) is 2.96. The minimum atomic E-state index is -0.263. The second kappa shape index (κ2) is 10.2. The Bertz CT molecular complexity index is 1160. The number of hydrogen-bond donors (Lipinski definition) is 2. The Morgan fingerprint density at radius 2 is 2.19 bits per heavy atom. The first-order valence-corrected chi connectivity index (χ1v) is 9.72. The SMILES string of the molecule is C=N/C(=C\C(=C/C)c1cnc2[nH]cc(-c3ccncn3)c2c1)NC(=O)/C=C/CN(C)C. The second-order valence-electron chi connectivity index (χ2n) is 7.00. The topological polar surface area (TPSA) is 99.2 Å². The van der Waals surface area contributed by atoms with Crippen molar-refractivity contribution < 1.29 is 4.79 Å². The van der Waals surface area contributed by atoms with E-state index >= 15 is 0 Å². The number of carbonyl (C=O) groups is 1. The van der Waals surface area contributed by atoms with E-state index in [-0.39, 0.29) is 5.91 Å². The number of allylic oxidation sites excluding steroid dienone is 3. The van der Waals surface area contributed by atoms with Gasteiger partial charge in [0.25, 0.3) is 0 Å². The molecule has 158 valence electrons. The van der Waals surface area contributed by atoms with Crippen LogP contribution in [0.5, 0.6) is 0 Å². The normalized spacial score (nSPS) is 12.6. The fourth-order valence-corrected chi connectivity index (χ4v) is 2.96. The van der Waals surface area contributed by atoms with Crippen molar-refractivity contribution in [3.8, 4) is 11.3 Å². The molecule has 0 aromatic carbocycles. The Hall–Kier alpha value is -3.91. The highest BCUT2D eigenvalue weighted by atomic mass is 16.1. The zero-order chi connectivity index (χ0) is 22.2. The molecule has 1 amide bonds. The highest BCUT2D eigenvalue weighted by molar-refractivity contribution is 5.95. The molecule has 2 N–H and O–H groups in total. The van der Waals surface area contributed by atoms with Crippen molar-refractivity contribution >= 4 is 29.2 Å². The number of aromatic nitrogens is 4. The van der Waals surface area contributed by atoms with E-state index in [9.17, 15) is 4.79 Å². The summed E-state index contributed by atoms with van der Waals surface area (Å²) in [4.78, 5) is 34.1. The number of carbonyl (C=O) groups excluding carboxylic acids is 1. The van der Waals surface area contributed by atoms with Gasteiger partial charge in [-0.25, -0.2) is 19.9 Å². The summed E-state index contributed by atoms with van der Waals surface area (Å²) in [5.74, 6) is 0.0963. The molecule has 3 aromatic rings. The first-order valence-electron chi connectivity index (χ1n) is 9.72. The number of fused-ring (bicyclic) bond motifs is 1. The third-order valence-electron chi connectivity index (χ3n) is 4.49. The van der Waals surface area contributed by atoms with Gasteiger partial charge in [0.1, 0.15) is 17.8 Å². The van der Waals surface area contributed by atoms with E-state index in [0.717, 1.165) is 33.4 Å². The highest BCUT2D eigenvalue weighted by Gasteiger charge is 2.11. The molecule has 3 aromatic heterocycles. The van der Waals surface area contributed by atoms with E-state index in [2.05, 4.69) is 37.0 Å². The molecule has 0 fully saturated rings. The van der Waals surface area contributed by atoms with Crippen molar-refractivity contribution in [3.63, 3.8) is 0 Å². The van der Waals surface area contributed by atoms with Gasteiger partial charge in [0.2, 0.25) is 5.91 Å². The number of rotatable bonds is 8. The molecule has 0 spiro atoms. The zero-order valence-corrected chi connectivity index (χ0v) is 17.8. The molecule has 3 heterocycles. The molecule has 0 bridgehead atoms. The lowest BCUT2D eigenvalue weighted by Gasteiger charge is -2.07. The van der Waals surface area contributed by atoms with Gasteiger partial charge in [0.05, 0.1) is 5.69 Å². The lowest BCUT2D eigenvalue weighted by molar-refractivity contribution is -0.115. The van der Waals surface area contributed by atoms with Gasteiger partial charge >= 0.3 is 0 Å². The molecule has 0 unspecified atom stereocenters. The summed E-state index contributed by atoms with van der Waals surface area (Å²) in [7, 11) is 3.87. The number of aromatic amines is 1. The summed E-state index contributed by atoms with van der Waals surface area (Å²) in [5.41, 5.74) is 4.24. The molecule has 0 aliphatic rings. The molecule has 31 heavy (non-hydrogen) atoms. The van der Waals surface area contributed by atoms with Gasteiger partial charge in [-0.2, -0.15) is 0 Å². The summed E-state index contributed by atoms with van der Waals surface area (Å²) in [6.07, 6.45) is 13.8. The third-order valence-corrected chi connectivity index (χ3v) is 4.49. The van der Waals surface area contributed by atoms with Crippen LogP contribution in [0, 0.1) is 0 Å². The minimum Gasteiger partial charge on any atom is -0.345 e. The molecule has 3 rings (SSSR count). The summed E-state index contributed by atoms with van der Waals surface area (Å²) in [5, 5.41) is 3.69. The van der Waals surface area contributed by atoms with Crippen LogP contribution >= 0.6 is 0 Å². The predicted octanol–water partition coefficient (Wildman–Crippen LogP) is 3.20. The van der Waals surface area contributed by atoms with E-state index in [1.807, 2.05) is 50.3 Å². The lowest BCUT2D eigenvalue weighted by Crippen LogP contribution is -2.20. The highest BCUT2D eigenvalue weighted by Crippen LogP contribution is 2.28. The van der Waals surface area contributed by atoms with E-state index in [4.69, 9.17) is 0 Å². The summed E-state index contributed by atoms with van der Waals surface area (Å²) in [6.45, 7) is 6.16. The number of pyridine rings is 1. The molecular formula is C23H25N7O. The monoisotopic (exact) mass is 415 g/mol. The van der Waals surface area contributed by atoms with Gasteiger partial charge in [-0.15, -0.1) is 0 Å². The van der Waals surface area contributed by atoms with Crippen molar-refractivity contribution in [2.24, 2.45) is 4.99 Å². The Morgan fingerprint density at radius 1 is 1.35 bits per heavy atom. The smallest absolute Gasteiger partial charge is 0.249 e. The molecule has 0 aliphatic carbocycles. The maximum absolute atomic E-state index is 12.1. The van der Waals surface area contributed by atoms with Crippen molar-refractivity contribution in [2.45, 2.75) is 6.92 Å². The van der Waals surface area contributed by atoms with Crippen molar-refractivity contribution in [1.82, 2.24) is 30.2 Å². The van der Waals surface area contributed by atoms with E-state index in [1.54, 1.807) is 24.5 Å². The van der Waals surface area contributed by atoms with Gasteiger partial charge in [0.15, 0.2) is 0 Å². The summed E-state index contributed by atoms with van der Waals surface area (Å²) in [6, 6.07) is 3.88. The van der Waals surface area contributed by atoms with Crippen molar-refractivity contribution in [3.05, 3.63) is 72.7 Å². The Kier molecular flexibility index (Phi) is 7.18. The van der Waals surface area contributed by atoms with Crippen LogP contribution in [0.1, 0.15) is 12.5 Å². The Morgan fingerprint density at radius 3 is 2.87 bits per heavy atom. The van der Waals surface area contributed by atoms with Crippen LogP contribution in [0.3, 0.4) is 0 Å². The molecule has 0 atom stereocenters. The van der Waals surface area contributed by atoms with Crippen LogP contribution < -0.4 is 5.32 Å². The number of nitrogens with zero attached hydrogens (tertiary/aromatic N) is 5. The van der Waals surface area contributed by atoms with Gasteiger partial charge in [-0.3, -0.25) is 4.79 Å². The quantitative estimate of drug-likeness (QED) is 0.334. The van der Waals surface area contributed by atoms with Crippen LogP contribution in [0.2, 0.25) is 0 Å². The third kappa shape index (κ3) is 5.58. The molecular weight excluding hydrogens is 390 g/mol. The van der Waals surface area contributed by atoms with Crippen LogP contribution in [0.15, 0.2) is 72.2 Å². The lowest BCUT2D eigenvalue weighted by atomic mass is 10.0. The van der Waals surface area contributed by atoms with Crippen molar-refractivity contribution in [2.75, 3.05) is 20.6 Å². The molecule has 8 heteroatoms. The zero-order valence-electron chi connectivity index (χ0n) is 17.8. The largest absolute Gasteiger partial charge is 0.345 e. The Balaban J connectivity index is 1.88. The van der Waals surface area contributed by atoms with Gasteiger partial charge in [-0.05, 0) is 51.5 Å². The number of H-pyrrole nitrogens is 1. The van der Waals surface area contributed by atoms with E-state index in [1.165, 1.54) is 12.4 Å². The van der Waals surface area contributed by atoms with Crippen molar-refractivity contribution in [1.29, 1.82) is 0 Å². The first kappa shape index (κ1) is 21.8. The molecule has 0 radical (unpaired) electrons. The first-order chi connectivity index (χ1) is 15.0. The van der Waals surface area contributed by atoms with Crippen LogP contribution in [0.4, 0.5) is 0 Å². The van der Waals surface area contributed by atoms with Crippen LogP contribution in [0.25, 0.3) is 27.9 Å². The molecule has 0 saturated carbocycles. The predicted molar refractivity (Wildman–Crippen MR) is 124 cm³/mol. The van der Waals surface area contributed by atoms with Crippen LogP contribution in [-0.4, -0.2) is 58.1 Å². The minimum absolute atomic E-state index is 0.263. The average molecular weight is 416 g/mol. The standard InChI is InChI=1S/C23H25N7O/c1-5-16(12-21(24-2)29-22(31)7-6-10-30(3)4)17-11-18-19(14-27-23(18)26-13-17)20-8-9-25-15-28-20/h5-9,11-15H,2,10H2,1,3-4H3,(H,26,27)(H,29,31)/b7-6+,16-5+,21-12+. The number of amides is 1.